The highest BCUT2D eigenvalue weighted by molar-refractivity contribution is 6.43. The first kappa shape index (κ1) is 63.9. The van der Waals surface area contributed by atoms with Crippen LogP contribution in [-0.2, 0) is 108 Å². The van der Waals surface area contributed by atoms with Crippen molar-refractivity contribution < 1.29 is 99.8 Å². The number of carbonyl (C=O) groups is 8. The number of esters is 8. The van der Waals surface area contributed by atoms with Crippen molar-refractivity contribution in [2.45, 2.75) is 143 Å². The zero-order valence-electron chi connectivity index (χ0n) is 45.9. The van der Waals surface area contributed by atoms with E-state index in [-0.39, 0.29) is 49.2 Å². The molecule has 4 heterocycles. The minimum Gasteiger partial charge on any atom is -0.467 e. The molecule has 3 aliphatic rings. The molecule has 10 atom stereocenters. The summed E-state index contributed by atoms with van der Waals surface area (Å²) in [6.07, 6.45) is -9.84. The van der Waals surface area contributed by atoms with Gasteiger partial charge in [0.05, 0.1) is 72.0 Å². The van der Waals surface area contributed by atoms with Crippen LogP contribution in [0, 0.1) is 0 Å². The highest BCUT2D eigenvalue weighted by Crippen LogP contribution is 2.45. The smallest absolute Gasteiger partial charge is 0.339 e. The SMILES string of the molecule is CCN1C(=CC=Cc2n(CCCO[C@@H]3OC(C(=O)OC)[C@H](OC(C)=O)[C@H](OC(C)=O)C3OC(C)=O)c3cc(Cl)c(Cl)cc3[n+]2CCCO[C@H]2OC(C(=O)OC)[C@@H](OC(C)=O)C(OC(C)=O)[C@H]2OC(C)=O)N(CC)c2cc(Cl)c(Cl)cc21. The van der Waals surface area contributed by atoms with Crippen molar-refractivity contribution in [3.05, 3.63) is 68.2 Å². The van der Waals surface area contributed by atoms with E-state index in [1.54, 1.807) is 12.1 Å². The number of carbonyl (C=O) groups excluding carboxylic acids is 8. The Morgan fingerprint density at radius 3 is 1.37 bits per heavy atom. The lowest BCUT2D eigenvalue weighted by Crippen LogP contribution is -2.63. The van der Waals surface area contributed by atoms with Crippen LogP contribution in [0.5, 0.6) is 0 Å². The predicted octanol–water partition coefficient (Wildman–Crippen LogP) is 5.96. The van der Waals surface area contributed by atoms with Crippen LogP contribution in [0.15, 0.2) is 42.2 Å². The molecule has 81 heavy (non-hydrogen) atoms. The van der Waals surface area contributed by atoms with Gasteiger partial charge in [0.1, 0.15) is 5.82 Å². The first-order valence-corrected chi connectivity index (χ1v) is 27.0. The summed E-state index contributed by atoms with van der Waals surface area (Å²) in [5.74, 6) is -5.69. The van der Waals surface area contributed by atoms with Crippen LogP contribution < -0.4 is 14.4 Å². The van der Waals surface area contributed by atoms with E-state index in [4.69, 9.17) is 103 Å². The number of allylic oxidation sites excluding steroid dienone is 2. The van der Waals surface area contributed by atoms with Crippen molar-refractivity contribution in [1.82, 2.24) is 4.57 Å². The topological polar surface area (TPSA) is 263 Å². The minimum absolute atomic E-state index is 0.145. The van der Waals surface area contributed by atoms with Crippen LogP contribution in [0.2, 0.25) is 20.1 Å². The molecule has 28 heteroatoms. The normalized spacial score (nSPS) is 23.4. The molecule has 3 aliphatic heterocycles. The van der Waals surface area contributed by atoms with Gasteiger partial charge in [-0.1, -0.05) is 52.5 Å². The van der Waals surface area contributed by atoms with Gasteiger partial charge in [0.25, 0.3) is 5.82 Å². The molecule has 2 aromatic carbocycles. The number of benzene rings is 2. The lowest BCUT2D eigenvalue weighted by molar-refractivity contribution is -0.674. The van der Waals surface area contributed by atoms with Crippen molar-refractivity contribution >= 4 is 123 Å². The third kappa shape index (κ3) is 15.3. The number of imidazole rings is 1. The average Bonchev–Trinajstić information content (AvgIpc) is 4.13. The van der Waals surface area contributed by atoms with Crippen LogP contribution >= 0.6 is 46.4 Å². The molecule has 0 amide bonds. The van der Waals surface area contributed by atoms with Crippen molar-refractivity contribution in [1.29, 1.82) is 0 Å². The van der Waals surface area contributed by atoms with Gasteiger partial charge in [0.15, 0.2) is 72.4 Å². The highest BCUT2D eigenvalue weighted by Gasteiger charge is 2.57. The summed E-state index contributed by atoms with van der Waals surface area (Å²) in [6.45, 7) is 11.7. The molecule has 24 nitrogen and oxygen atoms in total. The number of nitrogens with zero attached hydrogens (tertiary/aromatic N) is 4. The van der Waals surface area contributed by atoms with Crippen LogP contribution in [0.4, 0.5) is 11.4 Å². The Kier molecular flexibility index (Phi) is 22.6. The summed E-state index contributed by atoms with van der Waals surface area (Å²) in [6, 6.07) is 6.99. The summed E-state index contributed by atoms with van der Waals surface area (Å²) in [5.41, 5.74) is 2.92. The Hall–Kier alpha value is -6.25. The number of halogens is 4. The molecule has 0 saturated carbocycles. The molecule has 1 aromatic heterocycles. The lowest BCUT2D eigenvalue weighted by atomic mass is 9.97. The summed E-state index contributed by atoms with van der Waals surface area (Å²) in [5, 5.41) is 1.23. The lowest BCUT2D eigenvalue weighted by Gasteiger charge is -2.43. The van der Waals surface area contributed by atoms with Crippen LogP contribution in [-0.4, -0.2) is 154 Å². The van der Waals surface area contributed by atoms with Crippen LogP contribution in [0.25, 0.3) is 17.1 Å². The van der Waals surface area contributed by atoms with Crippen molar-refractivity contribution in [3.8, 4) is 0 Å². The summed E-state index contributed by atoms with van der Waals surface area (Å²) in [4.78, 5) is 105. The van der Waals surface area contributed by atoms with Crippen LogP contribution in [0.1, 0.15) is 74.1 Å². The number of ether oxygens (including phenoxy) is 12. The van der Waals surface area contributed by atoms with Crippen molar-refractivity contribution in [2.75, 3.05) is 50.3 Å². The maximum absolute atomic E-state index is 13.1. The molecular weight excluding hydrogens is 1150 g/mol. The van der Waals surface area contributed by atoms with Gasteiger partial charge in [-0.05, 0) is 32.1 Å². The summed E-state index contributed by atoms with van der Waals surface area (Å²) >= 11 is 26.5. The Labute approximate surface area is 486 Å². The molecule has 0 N–H and O–H groups in total. The minimum atomic E-state index is -1.68. The van der Waals surface area contributed by atoms with Gasteiger partial charge >= 0.3 is 47.8 Å². The van der Waals surface area contributed by atoms with Gasteiger partial charge in [0.2, 0.25) is 0 Å². The third-order valence-corrected chi connectivity index (χ3v) is 14.2. The van der Waals surface area contributed by atoms with Crippen LogP contribution in [0.3, 0.4) is 0 Å². The Balaban J connectivity index is 1.38. The van der Waals surface area contributed by atoms with Crippen molar-refractivity contribution in [2.24, 2.45) is 0 Å². The molecule has 0 aliphatic carbocycles. The number of rotatable bonds is 22. The van der Waals surface area contributed by atoms with E-state index in [2.05, 4.69) is 9.80 Å². The second-order valence-corrected chi connectivity index (χ2v) is 20.0. The molecule has 4 unspecified atom stereocenters. The fraction of sp³-hybridized carbons (Fsp3) is 0.528. The number of hydrogen-bond donors (Lipinski definition) is 0. The second kappa shape index (κ2) is 28.6. The van der Waals surface area contributed by atoms with Gasteiger partial charge in [-0.15, -0.1) is 0 Å². The van der Waals surface area contributed by atoms with Gasteiger partial charge < -0.3 is 66.6 Å². The molecule has 0 radical (unpaired) electrons. The van der Waals surface area contributed by atoms with E-state index in [0.29, 0.717) is 40.0 Å². The first-order chi connectivity index (χ1) is 38.4. The highest BCUT2D eigenvalue weighted by atomic mass is 35.5. The Morgan fingerprint density at radius 2 is 0.951 bits per heavy atom. The largest absolute Gasteiger partial charge is 0.467 e. The first-order valence-electron chi connectivity index (χ1n) is 25.5. The number of hydrogen-bond acceptors (Lipinski definition) is 22. The number of anilines is 2. The maximum Gasteiger partial charge on any atom is 0.339 e. The predicted molar refractivity (Wildman–Crippen MR) is 288 cm³/mol. The quantitative estimate of drug-likeness (QED) is 0.0486. The number of fused-ring (bicyclic) bond motifs is 2. The summed E-state index contributed by atoms with van der Waals surface area (Å²) in [7, 11) is 2.15. The second-order valence-electron chi connectivity index (χ2n) is 18.3. The fourth-order valence-corrected chi connectivity index (χ4v) is 10.3. The van der Waals surface area contributed by atoms with E-state index in [9.17, 15) is 38.4 Å². The van der Waals surface area contributed by atoms with Gasteiger partial charge in [-0.25, -0.2) is 18.7 Å². The number of aromatic nitrogens is 2. The average molecular weight is 1220 g/mol. The van der Waals surface area contributed by atoms with Gasteiger partial charge in [-0.3, -0.25) is 28.8 Å². The number of methoxy groups -OCH3 is 2. The summed E-state index contributed by atoms with van der Waals surface area (Å²) < 4.78 is 71.0. The molecule has 442 valence electrons. The molecule has 0 bridgehead atoms. The molecule has 2 fully saturated rings. The monoisotopic (exact) mass is 1220 g/mol. The molecule has 2 saturated heterocycles. The molecular formula is C53H63Cl4N4O20+. The molecule has 3 aromatic rings. The third-order valence-electron chi connectivity index (χ3n) is 12.7. The van der Waals surface area contributed by atoms with E-state index in [1.165, 1.54) is 0 Å². The Morgan fingerprint density at radius 1 is 0.556 bits per heavy atom. The standard InChI is InChI=1S/C53H63Cl4N4O20/c1-11-58-36-22-32(54)33(55)23-37(36)59(12-2)40(58)16-13-17-41-60(18-14-20-72-52-48(78-30(7)66)44(76-28(5)64)42(74-26(3)62)46(80-52)50(68)70-9)38-24-34(56)35(57)25-39(38)61(41)19-15-21-73-53-49(79-31(8)67)45(77-29(6)65)43(75-27(4)63)47(81-53)51(69)71-10/h13,16-17,22-25,42-49,52-53H,11-12,14-15,18-21H2,1-10H3/q+1/t42-,43+,44+,45?,46?,47?,48?,49-,52-,53+/m1/s1. The van der Waals surface area contributed by atoms with Gasteiger partial charge in [-0.2, -0.15) is 0 Å². The maximum atomic E-state index is 13.1. The Bertz CT molecular complexity index is 2750. The van der Waals surface area contributed by atoms with Gasteiger partial charge in [0, 0.05) is 85.7 Å². The zero-order valence-corrected chi connectivity index (χ0v) is 49.0. The number of aryl methyl sites for hydroxylation is 2. The molecule has 0 spiro atoms. The van der Waals surface area contributed by atoms with Crippen molar-refractivity contribution in [3.63, 3.8) is 0 Å². The van der Waals surface area contributed by atoms with E-state index in [0.717, 1.165) is 73.0 Å². The fourth-order valence-electron chi connectivity index (χ4n) is 9.69. The zero-order chi connectivity index (χ0) is 59.6. The molecule has 6 rings (SSSR count). The van der Waals surface area contributed by atoms with E-state index < -0.39 is 109 Å². The van der Waals surface area contributed by atoms with E-state index in [1.807, 2.05) is 53.3 Å². The van der Waals surface area contributed by atoms with E-state index >= 15 is 0 Å².